The lowest BCUT2D eigenvalue weighted by Gasteiger charge is -2.21. The van der Waals surface area contributed by atoms with Gasteiger partial charge in [-0.3, -0.25) is 4.79 Å². The number of halogens is 1. The Morgan fingerprint density at radius 2 is 1.53 bits per heavy atom. The normalized spacial score (nSPS) is 12.4. The molecule has 1 amide bonds. The molecule has 0 aliphatic heterocycles. The molecule has 0 aliphatic rings. The van der Waals surface area contributed by atoms with E-state index >= 15 is 0 Å². The number of hydrogen-bond acceptors (Lipinski definition) is 3. The number of benzene rings is 3. The standard InChI is InChI=1S/C25H27ClN2O3S/c1-17-13-18(2)24(19(3)14-17)32(30,31)28-23(15-20-9-5-4-6-10-20)25(29)27-16-21-11-7-8-12-22(21)26/h4-14,23,28H,15-16H2,1-3H3,(H,27,29)/t23-/m0/s1. The van der Waals surface area contributed by atoms with Crippen LogP contribution in [0.2, 0.25) is 5.02 Å². The molecular weight excluding hydrogens is 444 g/mol. The fourth-order valence-corrected chi connectivity index (χ4v) is 5.67. The van der Waals surface area contributed by atoms with E-state index in [-0.39, 0.29) is 17.9 Å². The Balaban J connectivity index is 1.87. The van der Waals surface area contributed by atoms with Crippen molar-refractivity contribution in [1.29, 1.82) is 0 Å². The number of sulfonamides is 1. The second kappa shape index (κ2) is 10.3. The van der Waals surface area contributed by atoms with Crippen LogP contribution >= 0.6 is 11.6 Å². The molecule has 168 valence electrons. The van der Waals surface area contributed by atoms with Gasteiger partial charge in [0.1, 0.15) is 6.04 Å². The summed E-state index contributed by atoms with van der Waals surface area (Å²) in [6, 6.07) is 19.2. The molecule has 3 rings (SSSR count). The second-order valence-electron chi connectivity index (χ2n) is 7.90. The van der Waals surface area contributed by atoms with Gasteiger partial charge in [0.05, 0.1) is 4.90 Å². The molecule has 0 unspecified atom stereocenters. The van der Waals surface area contributed by atoms with Crippen molar-refractivity contribution >= 4 is 27.5 Å². The molecule has 0 aliphatic carbocycles. The third-order valence-corrected chi connectivity index (χ3v) is 7.33. The van der Waals surface area contributed by atoms with Gasteiger partial charge in [-0.05, 0) is 55.5 Å². The van der Waals surface area contributed by atoms with Crippen molar-refractivity contribution in [3.05, 3.63) is 99.6 Å². The van der Waals surface area contributed by atoms with E-state index in [2.05, 4.69) is 10.0 Å². The first kappa shape index (κ1) is 24.0. The van der Waals surface area contributed by atoms with Crippen molar-refractivity contribution in [2.75, 3.05) is 0 Å². The minimum absolute atomic E-state index is 0.202. The molecule has 3 aromatic rings. The zero-order valence-corrected chi connectivity index (χ0v) is 19.9. The number of nitrogens with one attached hydrogen (secondary N) is 2. The molecule has 32 heavy (non-hydrogen) atoms. The van der Waals surface area contributed by atoms with E-state index in [0.29, 0.717) is 16.1 Å². The smallest absolute Gasteiger partial charge is 0.241 e. The van der Waals surface area contributed by atoms with Gasteiger partial charge in [-0.15, -0.1) is 0 Å². The van der Waals surface area contributed by atoms with Crippen molar-refractivity contribution < 1.29 is 13.2 Å². The molecule has 2 N–H and O–H groups in total. The Labute approximate surface area is 194 Å². The first-order valence-electron chi connectivity index (χ1n) is 10.3. The molecule has 0 heterocycles. The Morgan fingerprint density at radius 3 is 2.16 bits per heavy atom. The van der Waals surface area contributed by atoms with Gasteiger partial charge in [0.2, 0.25) is 15.9 Å². The van der Waals surface area contributed by atoms with E-state index in [1.807, 2.05) is 67.6 Å². The number of carbonyl (C=O) groups excluding carboxylic acids is 1. The zero-order valence-electron chi connectivity index (χ0n) is 18.4. The molecule has 0 aromatic heterocycles. The van der Waals surface area contributed by atoms with E-state index in [1.165, 1.54) is 0 Å². The van der Waals surface area contributed by atoms with Crippen LogP contribution in [0.5, 0.6) is 0 Å². The van der Waals surface area contributed by atoms with Crippen LogP contribution in [0.15, 0.2) is 71.6 Å². The number of hydrogen-bond donors (Lipinski definition) is 2. The third kappa shape index (κ3) is 5.97. The highest BCUT2D eigenvalue weighted by Crippen LogP contribution is 2.22. The summed E-state index contributed by atoms with van der Waals surface area (Å²) >= 11 is 6.19. The van der Waals surface area contributed by atoms with Crippen molar-refractivity contribution in [3.8, 4) is 0 Å². The Hall–Kier alpha value is -2.67. The maximum absolute atomic E-state index is 13.3. The lowest BCUT2D eigenvalue weighted by Crippen LogP contribution is -2.48. The lowest BCUT2D eigenvalue weighted by atomic mass is 10.1. The van der Waals surface area contributed by atoms with Gasteiger partial charge in [-0.2, -0.15) is 4.72 Å². The van der Waals surface area contributed by atoms with E-state index in [0.717, 1.165) is 16.7 Å². The van der Waals surface area contributed by atoms with E-state index in [9.17, 15) is 13.2 Å². The predicted molar refractivity (Wildman–Crippen MR) is 128 cm³/mol. The second-order valence-corrected chi connectivity index (χ2v) is 9.96. The highest BCUT2D eigenvalue weighted by molar-refractivity contribution is 7.89. The largest absolute Gasteiger partial charge is 0.351 e. The third-order valence-electron chi connectivity index (χ3n) is 5.18. The Morgan fingerprint density at radius 1 is 0.938 bits per heavy atom. The van der Waals surface area contributed by atoms with Crippen molar-refractivity contribution in [2.45, 2.75) is 44.7 Å². The highest BCUT2D eigenvalue weighted by Gasteiger charge is 2.28. The quantitative estimate of drug-likeness (QED) is 0.510. The van der Waals surface area contributed by atoms with Crippen LogP contribution in [-0.4, -0.2) is 20.4 Å². The summed E-state index contributed by atoms with van der Waals surface area (Å²) in [6.07, 6.45) is 0.221. The zero-order chi connectivity index (χ0) is 23.3. The summed E-state index contributed by atoms with van der Waals surface area (Å²) in [5.41, 5.74) is 3.88. The maximum atomic E-state index is 13.3. The van der Waals surface area contributed by atoms with Crippen LogP contribution in [0.4, 0.5) is 0 Å². The van der Waals surface area contributed by atoms with E-state index in [4.69, 9.17) is 11.6 Å². The number of amides is 1. The van der Waals surface area contributed by atoms with Gasteiger partial charge in [0, 0.05) is 11.6 Å². The molecule has 0 spiro atoms. The highest BCUT2D eigenvalue weighted by atomic mass is 35.5. The summed E-state index contributed by atoms with van der Waals surface area (Å²) in [7, 11) is -3.93. The van der Waals surface area contributed by atoms with Gasteiger partial charge in [0.25, 0.3) is 0 Å². The first-order valence-corrected chi connectivity index (χ1v) is 12.2. The summed E-state index contributed by atoms with van der Waals surface area (Å²) in [4.78, 5) is 13.3. The molecule has 7 heteroatoms. The molecule has 1 atom stereocenters. The van der Waals surface area contributed by atoms with Crippen LogP contribution in [0.1, 0.15) is 27.8 Å². The van der Waals surface area contributed by atoms with Gasteiger partial charge < -0.3 is 5.32 Å². The topological polar surface area (TPSA) is 75.3 Å². The average molecular weight is 471 g/mol. The number of rotatable bonds is 8. The Kier molecular flexibility index (Phi) is 7.72. The predicted octanol–water partition coefficient (Wildman–Crippen LogP) is 4.47. The SMILES string of the molecule is Cc1cc(C)c(S(=O)(=O)N[C@@H](Cc2ccccc2)C(=O)NCc2ccccc2Cl)c(C)c1. The van der Waals surface area contributed by atoms with Crippen LogP contribution in [0.3, 0.4) is 0 Å². The lowest BCUT2D eigenvalue weighted by molar-refractivity contribution is -0.122. The molecule has 3 aromatic carbocycles. The molecule has 5 nitrogen and oxygen atoms in total. The molecule has 0 fully saturated rings. The molecule has 0 radical (unpaired) electrons. The monoisotopic (exact) mass is 470 g/mol. The van der Waals surface area contributed by atoms with Crippen molar-refractivity contribution in [3.63, 3.8) is 0 Å². The molecule has 0 bridgehead atoms. The summed E-state index contributed by atoms with van der Waals surface area (Å²) in [6.45, 7) is 5.65. The summed E-state index contributed by atoms with van der Waals surface area (Å²) in [5, 5.41) is 3.36. The van der Waals surface area contributed by atoms with Crippen LogP contribution in [0, 0.1) is 20.8 Å². The van der Waals surface area contributed by atoms with Crippen molar-refractivity contribution in [1.82, 2.24) is 10.0 Å². The fourth-order valence-electron chi connectivity index (χ4n) is 3.82. The summed E-state index contributed by atoms with van der Waals surface area (Å²) < 4.78 is 29.2. The van der Waals surface area contributed by atoms with Crippen LogP contribution < -0.4 is 10.0 Å². The minimum Gasteiger partial charge on any atom is -0.351 e. The first-order chi connectivity index (χ1) is 15.2. The van der Waals surface area contributed by atoms with Gasteiger partial charge in [-0.1, -0.05) is 77.8 Å². The number of aryl methyl sites for hydroxylation is 3. The van der Waals surface area contributed by atoms with Crippen LogP contribution in [-0.2, 0) is 27.8 Å². The van der Waals surface area contributed by atoms with Crippen LogP contribution in [0.25, 0.3) is 0 Å². The van der Waals surface area contributed by atoms with Gasteiger partial charge in [0.15, 0.2) is 0 Å². The number of carbonyl (C=O) groups is 1. The fraction of sp³-hybridized carbons (Fsp3) is 0.240. The molecule has 0 saturated carbocycles. The van der Waals surface area contributed by atoms with Crippen molar-refractivity contribution in [2.24, 2.45) is 0 Å². The maximum Gasteiger partial charge on any atom is 0.241 e. The summed E-state index contributed by atoms with van der Waals surface area (Å²) in [5.74, 6) is -0.417. The molecular formula is C25H27ClN2O3S. The van der Waals surface area contributed by atoms with E-state index in [1.54, 1.807) is 19.9 Å². The molecule has 0 saturated heterocycles. The van der Waals surface area contributed by atoms with E-state index < -0.39 is 22.0 Å². The Bertz CT molecular complexity index is 1190. The average Bonchev–Trinajstić information content (AvgIpc) is 2.72. The van der Waals surface area contributed by atoms with Gasteiger partial charge in [-0.25, -0.2) is 8.42 Å². The van der Waals surface area contributed by atoms with Gasteiger partial charge >= 0.3 is 0 Å². The minimum atomic E-state index is -3.93.